The van der Waals surface area contributed by atoms with E-state index >= 15 is 0 Å². The molecule has 0 aliphatic heterocycles. The van der Waals surface area contributed by atoms with Crippen molar-refractivity contribution >= 4 is 11.3 Å². The third-order valence-electron chi connectivity index (χ3n) is 3.78. The average molecular weight is 322 g/mol. The van der Waals surface area contributed by atoms with Crippen LogP contribution in [0.25, 0.3) is 5.65 Å². The van der Waals surface area contributed by atoms with Gasteiger partial charge < -0.3 is 4.90 Å². The van der Waals surface area contributed by atoms with Crippen LogP contribution in [-0.4, -0.2) is 15.9 Å². The number of hydrogen-bond donors (Lipinski definition) is 0. The maximum atomic E-state index is 13.1. The van der Waals surface area contributed by atoms with Crippen molar-refractivity contribution < 1.29 is 4.39 Å². The van der Waals surface area contributed by atoms with Gasteiger partial charge in [-0.1, -0.05) is 6.07 Å². The smallest absolute Gasteiger partial charge is 0.259 e. The van der Waals surface area contributed by atoms with Gasteiger partial charge in [-0.25, -0.2) is 9.37 Å². The standard InChI is InChI=1S/C18H15FN4O/c1-2-22(15-8-6-13(19)7-9-15)12-14-10-18(24)23-16(11-20)4-3-5-17(23)21-14/h3-10H,2,12H2,1H3. The maximum Gasteiger partial charge on any atom is 0.259 e. The first kappa shape index (κ1) is 15.7. The van der Waals surface area contributed by atoms with Crippen LogP contribution < -0.4 is 10.5 Å². The molecule has 0 bridgehead atoms. The van der Waals surface area contributed by atoms with Gasteiger partial charge in [0.15, 0.2) is 0 Å². The maximum absolute atomic E-state index is 13.1. The van der Waals surface area contributed by atoms with Crippen molar-refractivity contribution in [3.63, 3.8) is 0 Å². The average Bonchev–Trinajstić information content (AvgIpc) is 2.60. The lowest BCUT2D eigenvalue weighted by Crippen LogP contribution is -2.25. The molecule has 2 heterocycles. The summed E-state index contributed by atoms with van der Waals surface area (Å²) in [5, 5.41) is 9.11. The monoisotopic (exact) mass is 322 g/mol. The number of aromatic nitrogens is 2. The van der Waals surface area contributed by atoms with E-state index in [0.29, 0.717) is 24.4 Å². The first-order valence-corrected chi connectivity index (χ1v) is 7.54. The molecule has 0 amide bonds. The summed E-state index contributed by atoms with van der Waals surface area (Å²) in [6, 6.07) is 14.6. The molecule has 2 aromatic heterocycles. The van der Waals surface area contributed by atoms with Gasteiger partial charge in [-0.2, -0.15) is 5.26 Å². The second kappa shape index (κ2) is 6.50. The van der Waals surface area contributed by atoms with Crippen LogP contribution in [0.3, 0.4) is 0 Å². The predicted molar refractivity (Wildman–Crippen MR) is 89.3 cm³/mol. The fourth-order valence-corrected chi connectivity index (χ4v) is 2.60. The van der Waals surface area contributed by atoms with Gasteiger partial charge in [-0.05, 0) is 43.3 Å². The number of nitrogens with zero attached hydrogens (tertiary/aromatic N) is 4. The molecule has 120 valence electrons. The molecule has 0 spiro atoms. The van der Waals surface area contributed by atoms with E-state index in [1.165, 1.54) is 22.6 Å². The van der Waals surface area contributed by atoms with E-state index in [1.54, 1.807) is 30.3 Å². The molecule has 0 saturated heterocycles. The Balaban J connectivity index is 1.99. The largest absolute Gasteiger partial charge is 0.366 e. The number of benzene rings is 1. The number of nitriles is 1. The van der Waals surface area contributed by atoms with Gasteiger partial charge in [0.25, 0.3) is 5.56 Å². The Morgan fingerprint density at radius 1 is 1.25 bits per heavy atom. The van der Waals surface area contributed by atoms with Gasteiger partial charge in [-0.3, -0.25) is 9.20 Å². The third kappa shape index (κ3) is 2.97. The molecular weight excluding hydrogens is 307 g/mol. The van der Waals surface area contributed by atoms with Crippen molar-refractivity contribution in [1.82, 2.24) is 9.38 Å². The van der Waals surface area contributed by atoms with Crippen LogP contribution in [0.1, 0.15) is 18.3 Å². The first-order valence-electron chi connectivity index (χ1n) is 7.54. The van der Waals surface area contributed by atoms with Crippen LogP contribution in [0.15, 0.2) is 53.3 Å². The quantitative estimate of drug-likeness (QED) is 0.741. The third-order valence-corrected chi connectivity index (χ3v) is 3.78. The molecule has 0 unspecified atom stereocenters. The summed E-state index contributed by atoms with van der Waals surface area (Å²) in [6.45, 7) is 3.08. The van der Waals surface area contributed by atoms with Crippen LogP contribution in [-0.2, 0) is 6.54 Å². The molecule has 0 saturated carbocycles. The highest BCUT2D eigenvalue weighted by Gasteiger charge is 2.10. The Hall–Kier alpha value is -3.20. The first-order chi connectivity index (χ1) is 11.6. The molecule has 3 rings (SSSR count). The fourth-order valence-electron chi connectivity index (χ4n) is 2.60. The zero-order chi connectivity index (χ0) is 17.1. The molecule has 3 aromatic rings. The molecule has 0 atom stereocenters. The molecule has 1 aromatic carbocycles. The van der Waals surface area contributed by atoms with Gasteiger partial charge in [0, 0.05) is 18.3 Å². The van der Waals surface area contributed by atoms with Gasteiger partial charge in [0.2, 0.25) is 0 Å². The Morgan fingerprint density at radius 2 is 2.00 bits per heavy atom. The van der Waals surface area contributed by atoms with Gasteiger partial charge in [0.05, 0.1) is 12.2 Å². The molecule has 5 nitrogen and oxygen atoms in total. The zero-order valence-electron chi connectivity index (χ0n) is 13.1. The summed E-state index contributed by atoms with van der Waals surface area (Å²) < 4.78 is 14.4. The fraction of sp³-hybridized carbons (Fsp3) is 0.167. The van der Waals surface area contributed by atoms with E-state index in [-0.39, 0.29) is 17.1 Å². The summed E-state index contributed by atoms with van der Waals surface area (Å²) in [7, 11) is 0. The molecule has 0 radical (unpaired) electrons. The minimum Gasteiger partial charge on any atom is -0.366 e. The van der Waals surface area contributed by atoms with E-state index < -0.39 is 0 Å². The zero-order valence-corrected chi connectivity index (χ0v) is 13.1. The molecule has 0 aliphatic carbocycles. The Kier molecular flexibility index (Phi) is 4.25. The number of anilines is 1. The molecule has 0 fully saturated rings. The lowest BCUT2D eigenvalue weighted by molar-refractivity contribution is 0.627. The molecule has 24 heavy (non-hydrogen) atoms. The van der Waals surface area contributed by atoms with Crippen molar-refractivity contribution in [3.8, 4) is 6.07 Å². The number of fused-ring (bicyclic) bond motifs is 1. The second-order valence-electron chi connectivity index (χ2n) is 5.29. The van der Waals surface area contributed by atoms with Crippen LogP contribution in [0.5, 0.6) is 0 Å². The molecule has 0 aliphatic rings. The highest BCUT2D eigenvalue weighted by Crippen LogP contribution is 2.17. The lowest BCUT2D eigenvalue weighted by Gasteiger charge is -2.22. The lowest BCUT2D eigenvalue weighted by atomic mass is 10.2. The van der Waals surface area contributed by atoms with E-state index in [2.05, 4.69) is 4.98 Å². The SMILES string of the molecule is CCN(Cc1cc(=O)n2c(C#N)cccc2n1)c1ccc(F)cc1. The van der Waals surface area contributed by atoms with E-state index in [4.69, 9.17) is 5.26 Å². The van der Waals surface area contributed by atoms with Crippen molar-refractivity contribution in [3.05, 3.63) is 76.1 Å². The van der Waals surface area contributed by atoms with Crippen LogP contribution in [0.2, 0.25) is 0 Å². The van der Waals surface area contributed by atoms with Crippen molar-refractivity contribution in [2.45, 2.75) is 13.5 Å². The topological polar surface area (TPSA) is 61.4 Å². The van der Waals surface area contributed by atoms with E-state index in [0.717, 1.165) is 5.69 Å². The van der Waals surface area contributed by atoms with Crippen molar-refractivity contribution in [1.29, 1.82) is 5.26 Å². The Labute approximate surface area is 138 Å². The second-order valence-corrected chi connectivity index (χ2v) is 5.29. The van der Waals surface area contributed by atoms with Gasteiger partial charge in [-0.15, -0.1) is 0 Å². The predicted octanol–water partition coefficient (Wildman–Crippen LogP) is 2.73. The van der Waals surface area contributed by atoms with Crippen molar-refractivity contribution in [2.24, 2.45) is 0 Å². The van der Waals surface area contributed by atoms with Crippen LogP contribution >= 0.6 is 0 Å². The number of halogens is 1. The van der Waals surface area contributed by atoms with E-state index in [9.17, 15) is 9.18 Å². The summed E-state index contributed by atoms with van der Waals surface area (Å²) in [5.41, 5.74) is 1.85. The highest BCUT2D eigenvalue weighted by atomic mass is 19.1. The number of rotatable bonds is 4. The number of hydrogen-bond acceptors (Lipinski definition) is 4. The minimum atomic E-state index is -0.291. The number of pyridine rings is 1. The van der Waals surface area contributed by atoms with E-state index in [1.807, 2.05) is 17.9 Å². The summed E-state index contributed by atoms with van der Waals surface area (Å²) in [4.78, 5) is 18.8. The molecule has 6 heteroatoms. The van der Waals surface area contributed by atoms with Gasteiger partial charge in [0.1, 0.15) is 23.2 Å². The highest BCUT2D eigenvalue weighted by molar-refractivity contribution is 5.48. The van der Waals surface area contributed by atoms with Crippen molar-refractivity contribution in [2.75, 3.05) is 11.4 Å². The Morgan fingerprint density at radius 3 is 2.67 bits per heavy atom. The summed E-state index contributed by atoms with van der Waals surface area (Å²) >= 11 is 0. The van der Waals surface area contributed by atoms with Crippen LogP contribution in [0, 0.1) is 17.1 Å². The minimum absolute atomic E-state index is 0.252. The molecule has 0 N–H and O–H groups in total. The Bertz CT molecular complexity index is 973. The van der Waals surface area contributed by atoms with Gasteiger partial charge >= 0.3 is 0 Å². The normalized spacial score (nSPS) is 10.5. The summed E-state index contributed by atoms with van der Waals surface area (Å²) in [5.74, 6) is -0.291. The summed E-state index contributed by atoms with van der Waals surface area (Å²) in [6.07, 6.45) is 0. The molecular formula is C18H15FN4O. The van der Waals surface area contributed by atoms with Crippen LogP contribution in [0.4, 0.5) is 10.1 Å².